The average Bonchev–Trinajstić information content (AvgIpc) is 2.76. The summed E-state index contributed by atoms with van der Waals surface area (Å²) in [5.74, 6) is -1.90. The molecule has 1 aliphatic heterocycles. The fourth-order valence-corrected chi connectivity index (χ4v) is 2.76. The second-order valence-electron chi connectivity index (χ2n) is 4.91. The van der Waals surface area contributed by atoms with Gasteiger partial charge in [0.05, 0.1) is 29.0 Å². The number of fused-ring (bicyclic) bond motifs is 1. The highest BCUT2D eigenvalue weighted by molar-refractivity contribution is 9.10. The normalized spacial score (nSPS) is 13.2. The molecular formula is C16H11BrN2O4. The van der Waals surface area contributed by atoms with Gasteiger partial charge in [-0.05, 0) is 30.3 Å². The molecule has 0 saturated heterocycles. The number of amides is 2. The van der Waals surface area contributed by atoms with E-state index in [9.17, 15) is 14.4 Å². The molecule has 2 aromatic rings. The van der Waals surface area contributed by atoms with E-state index in [0.717, 1.165) is 4.90 Å². The molecule has 1 heterocycles. The number of nitrogens with one attached hydrogen (secondary N) is 1. The van der Waals surface area contributed by atoms with Gasteiger partial charge in [0, 0.05) is 4.47 Å². The van der Waals surface area contributed by atoms with Crippen molar-refractivity contribution in [2.24, 2.45) is 0 Å². The summed E-state index contributed by atoms with van der Waals surface area (Å²) < 4.78 is 0.712. The molecular weight excluding hydrogens is 364 g/mol. The maximum absolute atomic E-state index is 12.3. The lowest BCUT2D eigenvalue weighted by Gasteiger charge is -2.16. The zero-order valence-electron chi connectivity index (χ0n) is 11.7. The number of nitrogens with zero attached hydrogens (tertiary/aromatic N) is 1. The molecule has 1 aliphatic rings. The van der Waals surface area contributed by atoms with Crippen molar-refractivity contribution >= 4 is 39.4 Å². The van der Waals surface area contributed by atoms with Gasteiger partial charge >= 0.3 is 5.97 Å². The third-order valence-electron chi connectivity index (χ3n) is 3.52. The van der Waals surface area contributed by atoms with Crippen molar-refractivity contribution < 1.29 is 19.5 Å². The van der Waals surface area contributed by atoms with Crippen LogP contribution in [0.1, 0.15) is 31.1 Å². The van der Waals surface area contributed by atoms with Gasteiger partial charge in [0.25, 0.3) is 11.8 Å². The van der Waals surface area contributed by atoms with Crippen LogP contribution in [0.25, 0.3) is 0 Å². The highest BCUT2D eigenvalue weighted by Crippen LogP contribution is 2.26. The van der Waals surface area contributed by atoms with E-state index < -0.39 is 17.8 Å². The number of aromatic carboxylic acids is 1. The highest BCUT2D eigenvalue weighted by Gasteiger charge is 2.35. The van der Waals surface area contributed by atoms with E-state index in [1.165, 1.54) is 6.07 Å². The molecule has 0 bridgehead atoms. The molecule has 23 heavy (non-hydrogen) atoms. The van der Waals surface area contributed by atoms with E-state index in [0.29, 0.717) is 21.3 Å². The van der Waals surface area contributed by atoms with E-state index in [-0.39, 0.29) is 12.2 Å². The topological polar surface area (TPSA) is 86.7 Å². The first-order valence-electron chi connectivity index (χ1n) is 6.71. The number of carboxylic acid groups (broad SMARTS) is 1. The van der Waals surface area contributed by atoms with E-state index in [1.807, 2.05) is 0 Å². The highest BCUT2D eigenvalue weighted by atomic mass is 79.9. The summed E-state index contributed by atoms with van der Waals surface area (Å²) in [6.07, 6.45) is 0. The predicted octanol–water partition coefficient (Wildman–Crippen LogP) is 2.81. The largest absolute Gasteiger partial charge is 0.478 e. The van der Waals surface area contributed by atoms with E-state index in [1.54, 1.807) is 36.4 Å². The van der Waals surface area contributed by atoms with Gasteiger partial charge in [0.15, 0.2) is 0 Å². The lowest BCUT2D eigenvalue weighted by molar-refractivity contribution is 0.0664. The Morgan fingerprint density at radius 3 is 2.52 bits per heavy atom. The molecule has 2 N–H and O–H groups in total. The number of carbonyl (C=O) groups is 3. The zero-order chi connectivity index (χ0) is 16.6. The number of imide groups is 1. The lowest BCUT2D eigenvalue weighted by Crippen LogP contribution is -2.34. The van der Waals surface area contributed by atoms with Gasteiger partial charge in [0.2, 0.25) is 0 Å². The van der Waals surface area contributed by atoms with Crippen LogP contribution in [0.4, 0.5) is 5.69 Å². The molecule has 116 valence electrons. The van der Waals surface area contributed by atoms with Gasteiger partial charge in [-0.2, -0.15) is 0 Å². The van der Waals surface area contributed by atoms with Crippen LogP contribution in [0.5, 0.6) is 0 Å². The second-order valence-corrected chi connectivity index (χ2v) is 5.83. The number of carbonyl (C=O) groups excluding carboxylic acids is 2. The fraction of sp³-hybridized carbons (Fsp3) is 0.0625. The average molecular weight is 375 g/mol. The monoisotopic (exact) mass is 374 g/mol. The van der Waals surface area contributed by atoms with Gasteiger partial charge in [0.1, 0.15) is 0 Å². The maximum Gasteiger partial charge on any atom is 0.337 e. The number of halogens is 1. The van der Waals surface area contributed by atoms with Gasteiger partial charge in [-0.15, -0.1) is 0 Å². The van der Waals surface area contributed by atoms with Crippen molar-refractivity contribution in [3.8, 4) is 0 Å². The Bertz CT molecular complexity index is 835. The summed E-state index contributed by atoms with van der Waals surface area (Å²) in [6, 6.07) is 11.2. The maximum atomic E-state index is 12.3. The molecule has 7 heteroatoms. The van der Waals surface area contributed by atoms with E-state index in [4.69, 9.17) is 5.11 Å². The first-order chi connectivity index (χ1) is 11.0. The minimum atomic E-state index is -1.08. The Kier molecular flexibility index (Phi) is 3.87. The van der Waals surface area contributed by atoms with Crippen molar-refractivity contribution in [2.75, 3.05) is 12.0 Å². The fourth-order valence-electron chi connectivity index (χ4n) is 2.39. The minimum absolute atomic E-state index is 0.0758. The molecule has 6 nitrogen and oxygen atoms in total. The van der Waals surface area contributed by atoms with Crippen molar-refractivity contribution in [1.82, 2.24) is 4.90 Å². The zero-order valence-corrected chi connectivity index (χ0v) is 13.3. The molecule has 0 aromatic heterocycles. The molecule has 0 saturated carbocycles. The summed E-state index contributed by atoms with van der Waals surface area (Å²) in [4.78, 5) is 36.8. The molecule has 0 unspecified atom stereocenters. The van der Waals surface area contributed by atoms with Crippen LogP contribution >= 0.6 is 15.9 Å². The molecule has 2 aromatic carbocycles. The molecule has 0 aliphatic carbocycles. The van der Waals surface area contributed by atoms with Crippen LogP contribution in [-0.4, -0.2) is 34.5 Å². The minimum Gasteiger partial charge on any atom is -0.478 e. The second kappa shape index (κ2) is 5.85. The molecule has 0 spiro atoms. The van der Waals surface area contributed by atoms with Gasteiger partial charge in [-0.25, -0.2) is 4.79 Å². The number of hydrogen-bond acceptors (Lipinski definition) is 4. The van der Waals surface area contributed by atoms with Crippen molar-refractivity contribution in [3.63, 3.8) is 0 Å². The molecule has 0 atom stereocenters. The van der Waals surface area contributed by atoms with Crippen LogP contribution in [0, 0.1) is 0 Å². The van der Waals surface area contributed by atoms with E-state index >= 15 is 0 Å². The SMILES string of the molecule is O=C(O)c1ccccc1NCN1C(=O)c2ccc(Br)cc2C1=O. The lowest BCUT2D eigenvalue weighted by atomic mass is 10.1. The quantitative estimate of drug-likeness (QED) is 0.803. The summed E-state index contributed by atoms with van der Waals surface area (Å²) in [7, 11) is 0. The Hall–Kier alpha value is -2.67. The van der Waals surface area contributed by atoms with Gasteiger partial charge in [-0.3, -0.25) is 14.5 Å². The number of rotatable bonds is 4. The predicted molar refractivity (Wildman–Crippen MR) is 86.5 cm³/mol. The van der Waals surface area contributed by atoms with Crippen LogP contribution in [0.15, 0.2) is 46.9 Å². The van der Waals surface area contributed by atoms with Crippen LogP contribution in [0.3, 0.4) is 0 Å². The Morgan fingerprint density at radius 1 is 1.09 bits per heavy atom. The van der Waals surface area contributed by atoms with Gasteiger partial charge < -0.3 is 10.4 Å². The van der Waals surface area contributed by atoms with Gasteiger partial charge in [-0.1, -0.05) is 28.1 Å². The van der Waals surface area contributed by atoms with Crippen LogP contribution < -0.4 is 5.32 Å². The van der Waals surface area contributed by atoms with Crippen molar-refractivity contribution in [1.29, 1.82) is 0 Å². The first kappa shape index (κ1) is 15.2. The first-order valence-corrected chi connectivity index (χ1v) is 7.50. The van der Waals surface area contributed by atoms with Crippen LogP contribution in [0.2, 0.25) is 0 Å². The third-order valence-corrected chi connectivity index (χ3v) is 4.01. The van der Waals surface area contributed by atoms with Crippen molar-refractivity contribution in [3.05, 3.63) is 63.6 Å². The number of carboxylic acids is 1. The smallest absolute Gasteiger partial charge is 0.337 e. The van der Waals surface area contributed by atoms with Crippen molar-refractivity contribution in [2.45, 2.75) is 0 Å². The van der Waals surface area contributed by atoms with Crippen LogP contribution in [-0.2, 0) is 0 Å². The summed E-state index contributed by atoms with van der Waals surface area (Å²) in [5.41, 5.74) is 1.09. The Morgan fingerprint density at radius 2 is 1.78 bits per heavy atom. The number of para-hydroxylation sites is 1. The Labute approximate surface area is 139 Å². The summed E-state index contributed by atoms with van der Waals surface area (Å²) >= 11 is 3.27. The third kappa shape index (κ3) is 2.70. The summed E-state index contributed by atoms with van der Waals surface area (Å²) in [5, 5.41) is 12.0. The van der Waals surface area contributed by atoms with E-state index in [2.05, 4.69) is 21.2 Å². The Balaban J connectivity index is 1.82. The number of benzene rings is 2. The molecule has 0 fully saturated rings. The number of anilines is 1. The molecule has 2 amide bonds. The standard InChI is InChI=1S/C16H11BrN2O4/c17-9-5-6-10-12(7-9)15(21)19(14(10)20)8-18-13-4-2-1-3-11(13)16(22)23/h1-7,18H,8H2,(H,22,23). The molecule has 3 rings (SSSR count). The summed E-state index contributed by atoms with van der Waals surface area (Å²) in [6.45, 7) is -0.103. The number of hydrogen-bond donors (Lipinski definition) is 2. The molecule has 0 radical (unpaired) electrons.